The number of alkyl halides is 6. The Balaban J connectivity index is 0.000000122. The Hall–Kier alpha value is -18.2. The van der Waals surface area contributed by atoms with E-state index in [1.165, 1.54) is 61.2 Å². The summed E-state index contributed by atoms with van der Waals surface area (Å²) in [4.78, 5) is 119. The van der Waals surface area contributed by atoms with E-state index >= 15 is 0 Å². The maximum atomic E-state index is 13.2. The van der Waals surface area contributed by atoms with Gasteiger partial charge in [0.15, 0.2) is 17.7 Å². The fourth-order valence-electron chi connectivity index (χ4n) is 16.6. The summed E-state index contributed by atoms with van der Waals surface area (Å²) in [6, 6.07) is 44.8. The summed E-state index contributed by atoms with van der Waals surface area (Å²) >= 11 is 0. The number of aromatic nitrogens is 12. The average molecular weight is 1930 g/mol. The van der Waals surface area contributed by atoms with Crippen molar-refractivity contribution in [3.63, 3.8) is 0 Å². The van der Waals surface area contributed by atoms with Crippen molar-refractivity contribution in [3.05, 3.63) is 217 Å². The maximum absolute atomic E-state index is 13.2. The molecule has 142 heavy (non-hydrogen) atoms. The molecule has 3 aromatic carbocycles. The third kappa shape index (κ3) is 21.3. The zero-order chi connectivity index (χ0) is 100. The van der Waals surface area contributed by atoms with E-state index < -0.39 is 42.0 Å². The molecule has 5 fully saturated rings. The van der Waals surface area contributed by atoms with Crippen LogP contribution in [0.25, 0.3) is 110 Å². The number of aryl methyl sites for hydroxylation is 3. The van der Waals surface area contributed by atoms with Gasteiger partial charge >= 0.3 is 24.5 Å². The summed E-state index contributed by atoms with van der Waals surface area (Å²) in [6.07, 6.45) is 3.26. The second-order valence-electron chi connectivity index (χ2n) is 34.4. The van der Waals surface area contributed by atoms with E-state index in [1.54, 1.807) is 36.8 Å². The minimum Gasteiger partial charge on any atom is -0.439 e. The highest BCUT2D eigenvalue weighted by Crippen LogP contribution is 2.46. The Morgan fingerprint density at radius 2 is 0.838 bits per heavy atom. The number of amides is 7. The number of aliphatic hydroxyl groups is 1. The predicted molar refractivity (Wildman–Crippen MR) is 518 cm³/mol. The van der Waals surface area contributed by atoms with Crippen LogP contribution in [0.1, 0.15) is 73.0 Å². The van der Waals surface area contributed by atoms with Crippen LogP contribution >= 0.6 is 0 Å². The van der Waals surface area contributed by atoms with Gasteiger partial charge < -0.3 is 85.1 Å². The molecule has 37 nitrogen and oxygen atoms in total. The molecular formula is C99H86F6N28O9. The number of fused-ring (bicyclic) bond motifs is 6. The summed E-state index contributed by atoms with van der Waals surface area (Å²) in [5, 5.41) is 64.6. The van der Waals surface area contributed by atoms with Gasteiger partial charge in [0.2, 0.25) is 17.7 Å². The maximum Gasteiger partial charge on any atom is 0.431 e. The van der Waals surface area contributed by atoms with Crippen molar-refractivity contribution >= 4 is 153 Å². The van der Waals surface area contributed by atoms with Crippen molar-refractivity contribution in [1.82, 2.24) is 70.4 Å². The fraction of sp³-hybridized carbons (Fsp3) is 0.222. The van der Waals surface area contributed by atoms with Gasteiger partial charge in [0.25, 0.3) is 5.91 Å². The monoisotopic (exact) mass is 1920 g/mol. The number of H-pyrrole nitrogens is 2. The molecule has 14 heterocycles. The molecular weight excluding hydrogens is 1840 g/mol. The first-order chi connectivity index (χ1) is 68.0. The predicted octanol–water partition coefficient (Wildman–Crippen LogP) is 16.1. The van der Waals surface area contributed by atoms with Crippen LogP contribution in [0.4, 0.5) is 99.8 Å². The van der Waals surface area contributed by atoms with Crippen LogP contribution in [0.2, 0.25) is 0 Å². The number of nitrogens with two attached hydrogens (primary N) is 5. The molecule has 6 aliphatic rings. The molecule has 4 aliphatic carbocycles. The molecule has 0 bridgehead atoms. The number of carbonyl (C=O) groups is 6. The molecule has 0 radical (unpaired) electrons. The van der Waals surface area contributed by atoms with Gasteiger partial charge in [-0.2, -0.15) is 42.1 Å². The number of nitrogens with zero attached hydrogens (tertiary/aromatic N) is 13. The van der Waals surface area contributed by atoms with Crippen molar-refractivity contribution < 1.29 is 69.7 Å². The summed E-state index contributed by atoms with van der Waals surface area (Å²) in [7, 11) is 0. The molecule has 718 valence electrons. The van der Waals surface area contributed by atoms with E-state index in [0.717, 1.165) is 84.8 Å². The van der Waals surface area contributed by atoms with E-state index in [-0.39, 0.29) is 117 Å². The number of halogens is 6. The number of rotatable bonds is 15. The fourth-order valence-corrected chi connectivity index (χ4v) is 16.6. The van der Waals surface area contributed by atoms with Crippen molar-refractivity contribution in [1.29, 1.82) is 15.8 Å². The Bertz CT molecular complexity index is 7590. The van der Waals surface area contributed by atoms with Gasteiger partial charge in [0.05, 0.1) is 100 Å². The van der Waals surface area contributed by atoms with Crippen LogP contribution in [-0.4, -0.2) is 125 Å². The lowest BCUT2D eigenvalue weighted by Crippen LogP contribution is -2.42. The number of nitrogens with one attached hydrogen (secondary N) is 10. The Morgan fingerprint density at radius 1 is 0.472 bits per heavy atom. The number of aliphatic hydroxyl groups excluding tert-OH is 1. The number of ether oxygens (including phenoxy) is 2. The molecule has 9 atom stereocenters. The Kier molecular flexibility index (Phi) is 26.6. The molecule has 12 aromatic heterocycles. The van der Waals surface area contributed by atoms with Gasteiger partial charge in [0.1, 0.15) is 69.6 Å². The highest BCUT2D eigenvalue weighted by Gasteiger charge is 2.46. The zero-order valence-electron chi connectivity index (χ0n) is 75.5. The highest BCUT2D eigenvalue weighted by molar-refractivity contribution is 6.04. The Labute approximate surface area is 802 Å². The van der Waals surface area contributed by atoms with Crippen LogP contribution in [0.5, 0.6) is 5.75 Å². The lowest BCUT2D eigenvalue weighted by Gasteiger charge is -2.16. The number of aromatic amines is 2. The van der Waals surface area contributed by atoms with Crippen LogP contribution in [0.3, 0.4) is 0 Å². The standard InChI is InChI=1S/C22H18N6O2.C21H23N5O2.C20H19N5O3.2C18H13F3N6O/c1-10-3-18-19(30-11(2)26-18)7-14(10)17-5-12-6-20(25-9-16(12)21(24)27-17)28-22(29)15-4-13(15)8-23;1-12-5-2-3-6-14(12)17-9-13-10-19(23-11-15(13)20(22)24-17)26-21(28)25-16-7-4-8-18(16)27;1-11-4-2-3-5-13(11)15-8-12-9-17(23-10-14(12)18(21)24-15)25-20(27)28-16-6-7-22-19(16)26;2*19-18(20,21)15-10(1-2-24-15)13-4-8-5-14(25-7-12(8)16(23)26-13)27-17(28)11-3-9(11)6-22/h3,5-7,9,13,15,26H,2,4H2,1H3,(H2,24,27)(H,25,28,29);2-3,5-6,9-11,16,18,27H,4,7-8H2,1H3,(H2,22,24)(H2,23,25,26,28);2-5,8-10,16H,6-7H2,1H3,(H2,21,24)(H,22,26)(H,23,25,27);2*1-2,4-5,7,9,11,24H,3H2,(H2,23,26)(H,25,27,28)/t13-,15?;16-,18-;16-;2*9-,11+/m00110/s1. The molecule has 4 saturated carbocycles. The number of nitrogen functional groups attached to an aromatic ring is 5. The van der Waals surface area contributed by atoms with Gasteiger partial charge in [0, 0.05) is 111 Å². The first-order valence-corrected chi connectivity index (χ1v) is 44.3. The van der Waals surface area contributed by atoms with Crippen LogP contribution in [0.15, 0.2) is 189 Å². The summed E-state index contributed by atoms with van der Waals surface area (Å²) in [5.41, 5.74) is 37.4. The number of benzene rings is 3. The molecule has 21 N–H and O–H groups in total. The Morgan fingerprint density at radius 3 is 1.18 bits per heavy atom. The molecule has 1 unspecified atom stereocenters. The van der Waals surface area contributed by atoms with E-state index in [0.29, 0.717) is 123 Å². The molecule has 15 aromatic rings. The molecule has 21 rings (SSSR count). The minimum atomic E-state index is -4.57. The van der Waals surface area contributed by atoms with Gasteiger partial charge in [-0.3, -0.25) is 29.8 Å². The molecule has 7 amide bonds. The minimum absolute atomic E-state index is 0.0268. The van der Waals surface area contributed by atoms with Crippen LogP contribution in [-0.2, 0) is 36.3 Å². The third-order valence-corrected chi connectivity index (χ3v) is 24.4. The van der Waals surface area contributed by atoms with Crippen LogP contribution < -0.4 is 75.9 Å². The molecule has 43 heteroatoms. The SMILES string of the molecule is C=C1Nc2cc(C)c(-c3cc4cc(NC(=O)C5C[C@H]5C#N)ncc4c(N)n3)cc2O1.Cc1ccccc1-c1cc2cc(NC(=O)N[C@H]3CCC[C@@H]3O)ncc2c(N)n1.Cc1ccccc1-c1cc2cc(NC(=O)O[C@@H]3CCNC3=O)ncc2c(N)n1.N#C[C@@H]1C[C@H]1C(=O)Nc1cc2cc(-c3cc[nH]c3C(F)(F)F)nc(N)c2cn1.N#C[C@H]1C[C@@H]1C(=O)Nc1cc2cc(-c3cc[nH]c3C(F)(F)F)nc(N)c2cn1. The summed E-state index contributed by atoms with van der Waals surface area (Å²) < 4.78 is 89.7. The lowest BCUT2D eigenvalue weighted by atomic mass is 10.0. The molecule has 2 aliphatic heterocycles. The largest absolute Gasteiger partial charge is 0.439 e. The van der Waals surface area contributed by atoms with Gasteiger partial charge in [-0.05, 0) is 194 Å². The quantitative estimate of drug-likeness (QED) is 0.0424. The van der Waals surface area contributed by atoms with Crippen molar-refractivity contribution in [2.24, 2.45) is 35.5 Å². The van der Waals surface area contributed by atoms with Crippen molar-refractivity contribution in [3.8, 4) is 80.2 Å². The topological polar surface area (TPSA) is 599 Å². The van der Waals surface area contributed by atoms with Gasteiger partial charge in [-0.1, -0.05) is 48.5 Å². The van der Waals surface area contributed by atoms with Gasteiger partial charge in [-0.15, -0.1) is 0 Å². The molecule has 1 saturated heterocycles. The number of nitriles is 3. The first-order valence-electron chi connectivity index (χ1n) is 44.3. The lowest BCUT2D eigenvalue weighted by molar-refractivity contribution is -0.141. The summed E-state index contributed by atoms with van der Waals surface area (Å²) in [5.74, 6) is 1.03. The van der Waals surface area contributed by atoms with E-state index in [9.17, 15) is 60.2 Å². The van der Waals surface area contributed by atoms with Crippen molar-refractivity contribution in [2.45, 2.75) is 96.3 Å². The van der Waals surface area contributed by atoms with E-state index in [4.69, 9.17) is 53.9 Å². The summed E-state index contributed by atoms with van der Waals surface area (Å²) in [6.45, 7) is 10.3. The normalized spacial score (nSPS) is 18.2. The smallest absolute Gasteiger partial charge is 0.431 e. The zero-order valence-corrected chi connectivity index (χ0v) is 75.5. The molecule has 0 spiro atoms. The third-order valence-electron chi connectivity index (χ3n) is 24.4. The van der Waals surface area contributed by atoms with Gasteiger partial charge in [-0.25, -0.2) is 59.4 Å². The number of hydrogen-bond acceptors (Lipinski definition) is 28. The van der Waals surface area contributed by atoms with Crippen LogP contribution in [0, 0.1) is 90.3 Å². The average Bonchev–Trinajstić information content (AvgIpc) is 1.69. The first kappa shape index (κ1) is 95.5. The second kappa shape index (κ2) is 39.5. The van der Waals surface area contributed by atoms with E-state index in [2.05, 4.69) is 115 Å². The number of pyridine rings is 10. The number of anilines is 11. The highest BCUT2D eigenvalue weighted by atomic mass is 19.4. The second-order valence-corrected chi connectivity index (χ2v) is 34.4. The number of carbonyl (C=O) groups excluding carboxylic acids is 6. The van der Waals surface area contributed by atoms with Crippen molar-refractivity contribution in [2.75, 3.05) is 67.1 Å². The number of hydrogen-bond donors (Lipinski definition) is 16. The number of urea groups is 1. The van der Waals surface area contributed by atoms with E-state index in [1.807, 2.05) is 112 Å².